The van der Waals surface area contributed by atoms with Gasteiger partial charge in [-0.2, -0.15) is 0 Å². The van der Waals surface area contributed by atoms with Crippen molar-refractivity contribution < 1.29 is 9.59 Å². The monoisotopic (exact) mass is 179 g/mol. The molecule has 0 heterocycles. The van der Waals surface area contributed by atoms with E-state index in [-0.39, 0.29) is 0 Å². The van der Waals surface area contributed by atoms with Gasteiger partial charge >= 0.3 is 0 Å². The molecular formula is C10H13NO2. The molecule has 0 aromatic rings. The lowest BCUT2D eigenvalue weighted by molar-refractivity contribution is -0.131. The van der Waals surface area contributed by atoms with E-state index in [0.717, 1.165) is 18.5 Å². The van der Waals surface area contributed by atoms with Crippen LogP contribution in [0.5, 0.6) is 0 Å². The minimum absolute atomic E-state index is 0.406. The lowest BCUT2D eigenvalue weighted by atomic mass is 10.0. The molecule has 0 aromatic carbocycles. The number of carbonyl (C=O) groups is 2. The molecule has 0 aliphatic heterocycles. The summed E-state index contributed by atoms with van der Waals surface area (Å²) in [5, 5.41) is 0. The molecule has 0 atom stereocenters. The zero-order valence-corrected chi connectivity index (χ0v) is 7.91. The molecule has 13 heavy (non-hydrogen) atoms. The summed E-state index contributed by atoms with van der Waals surface area (Å²) in [5.41, 5.74) is 0.929. The highest BCUT2D eigenvalue weighted by molar-refractivity contribution is 6.46. The Labute approximate surface area is 77.7 Å². The Kier molecular flexibility index (Phi) is 3.14. The topological polar surface area (TPSA) is 37.4 Å². The van der Waals surface area contributed by atoms with Crippen molar-refractivity contribution in [2.75, 3.05) is 20.6 Å². The molecule has 1 aliphatic rings. The lowest BCUT2D eigenvalue weighted by Crippen LogP contribution is -2.16. The van der Waals surface area contributed by atoms with Gasteiger partial charge < -0.3 is 4.90 Å². The first-order valence-electron chi connectivity index (χ1n) is 4.21. The van der Waals surface area contributed by atoms with Crippen molar-refractivity contribution in [2.45, 2.75) is 6.42 Å². The van der Waals surface area contributed by atoms with E-state index in [1.54, 1.807) is 6.08 Å². The Bertz CT molecular complexity index is 287. The molecule has 0 bridgehead atoms. The molecule has 0 radical (unpaired) electrons. The minimum atomic E-state index is -0.423. The number of allylic oxidation sites excluding steroid dienone is 3. The largest absolute Gasteiger partial charge is 0.309 e. The molecule has 0 saturated heterocycles. The van der Waals surface area contributed by atoms with Crippen molar-refractivity contribution in [1.82, 2.24) is 4.90 Å². The van der Waals surface area contributed by atoms with Crippen LogP contribution in [0.25, 0.3) is 0 Å². The molecule has 0 unspecified atom stereocenters. The molecule has 0 spiro atoms. The van der Waals surface area contributed by atoms with Crippen molar-refractivity contribution >= 4 is 11.6 Å². The third-order valence-corrected chi connectivity index (χ3v) is 1.86. The van der Waals surface area contributed by atoms with Crippen molar-refractivity contribution in [1.29, 1.82) is 0 Å². The van der Waals surface area contributed by atoms with E-state index < -0.39 is 11.6 Å². The van der Waals surface area contributed by atoms with E-state index in [0.29, 0.717) is 0 Å². The number of hydrogen-bond donors (Lipinski definition) is 0. The van der Waals surface area contributed by atoms with E-state index in [9.17, 15) is 9.59 Å². The summed E-state index contributed by atoms with van der Waals surface area (Å²) in [6.45, 7) is 0.887. The first-order chi connectivity index (χ1) is 6.09. The second-order valence-corrected chi connectivity index (χ2v) is 3.33. The van der Waals surface area contributed by atoms with Gasteiger partial charge in [0, 0.05) is 6.54 Å². The Balaban J connectivity index is 2.53. The van der Waals surface area contributed by atoms with Crippen LogP contribution in [0, 0.1) is 0 Å². The molecule has 0 N–H and O–H groups in total. The van der Waals surface area contributed by atoms with Crippen molar-refractivity contribution in [3.63, 3.8) is 0 Å². The van der Waals surface area contributed by atoms with Gasteiger partial charge in [-0.3, -0.25) is 9.59 Å². The fourth-order valence-electron chi connectivity index (χ4n) is 1.06. The lowest BCUT2D eigenvalue weighted by Gasteiger charge is -2.10. The van der Waals surface area contributed by atoms with Gasteiger partial charge in [0.1, 0.15) is 0 Å². The van der Waals surface area contributed by atoms with Crippen molar-refractivity contribution in [2.24, 2.45) is 0 Å². The maximum atomic E-state index is 11.0. The summed E-state index contributed by atoms with van der Waals surface area (Å²) in [6, 6.07) is 0. The van der Waals surface area contributed by atoms with Gasteiger partial charge in [0.05, 0.1) is 0 Å². The quantitative estimate of drug-likeness (QED) is 0.469. The zero-order chi connectivity index (χ0) is 9.84. The number of hydrogen-bond acceptors (Lipinski definition) is 3. The fourth-order valence-corrected chi connectivity index (χ4v) is 1.06. The van der Waals surface area contributed by atoms with E-state index in [1.165, 1.54) is 12.2 Å². The summed E-state index contributed by atoms with van der Waals surface area (Å²) in [6.07, 6.45) is 5.29. The van der Waals surface area contributed by atoms with E-state index >= 15 is 0 Å². The van der Waals surface area contributed by atoms with Gasteiger partial charge in [-0.15, -0.1) is 0 Å². The minimum Gasteiger partial charge on any atom is -0.309 e. The average molecular weight is 179 g/mol. The van der Waals surface area contributed by atoms with E-state index in [4.69, 9.17) is 0 Å². The molecule has 1 rings (SSSR count). The van der Waals surface area contributed by atoms with Gasteiger partial charge in [-0.05, 0) is 38.2 Å². The molecule has 3 nitrogen and oxygen atoms in total. The normalized spacial score (nSPS) is 16.7. The van der Waals surface area contributed by atoms with Crippen molar-refractivity contribution in [3.05, 3.63) is 23.8 Å². The van der Waals surface area contributed by atoms with Crippen LogP contribution in [0.2, 0.25) is 0 Å². The van der Waals surface area contributed by atoms with Crippen LogP contribution in [0.1, 0.15) is 6.42 Å². The summed E-state index contributed by atoms with van der Waals surface area (Å²) in [4.78, 5) is 23.8. The van der Waals surface area contributed by atoms with Gasteiger partial charge in [0.2, 0.25) is 11.6 Å². The van der Waals surface area contributed by atoms with Gasteiger partial charge in [-0.1, -0.05) is 6.08 Å². The first kappa shape index (κ1) is 9.86. The summed E-state index contributed by atoms with van der Waals surface area (Å²) in [7, 11) is 3.94. The average Bonchev–Trinajstić information content (AvgIpc) is 2.07. The summed E-state index contributed by atoms with van der Waals surface area (Å²) >= 11 is 0. The highest BCUT2D eigenvalue weighted by Gasteiger charge is 2.12. The van der Waals surface area contributed by atoms with Crippen molar-refractivity contribution in [3.8, 4) is 0 Å². The Morgan fingerprint density at radius 3 is 2.38 bits per heavy atom. The second kappa shape index (κ2) is 4.14. The summed E-state index contributed by atoms with van der Waals surface area (Å²) < 4.78 is 0. The SMILES string of the molecule is CN(C)CCC1=CC(=O)C(=O)C=C1. The highest BCUT2D eigenvalue weighted by atomic mass is 16.2. The van der Waals surface area contributed by atoms with Gasteiger partial charge in [-0.25, -0.2) is 0 Å². The van der Waals surface area contributed by atoms with Crippen LogP contribution in [0.3, 0.4) is 0 Å². The maximum absolute atomic E-state index is 11.0. The summed E-state index contributed by atoms with van der Waals surface area (Å²) in [5.74, 6) is -0.829. The zero-order valence-electron chi connectivity index (χ0n) is 7.91. The molecule has 1 aliphatic carbocycles. The van der Waals surface area contributed by atoms with Crippen LogP contribution in [-0.4, -0.2) is 37.1 Å². The molecule has 0 saturated carbocycles. The van der Waals surface area contributed by atoms with E-state index in [1.807, 2.05) is 19.0 Å². The number of ketones is 2. The van der Waals surface area contributed by atoms with Crippen LogP contribution in [0.4, 0.5) is 0 Å². The van der Waals surface area contributed by atoms with E-state index in [2.05, 4.69) is 0 Å². The number of nitrogens with zero attached hydrogens (tertiary/aromatic N) is 1. The second-order valence-electron chi connectivity index (χ2n) is 3.33. The van der Waals surface area contributed by atoms with Crippen LogP contribution < -0.4 is 0 Å². The maximum Gasteiger partial charge on any atom is 0.225 e. The van der Waals surface area contributed by atoms with Crippen LogP contribution in [-0.2, 0) is 9.59 Å². The Morgan fingerprint density at radius 1 is 1.15 bits per heavy atom. The molecule has 0 aromatic heterocycles. The van der Waals surface area contributed by atoms with Crippen LogP contribution >= 0.6 is 0 Å². The Morgan fingerprint density at radius 2 is 1.85 bits per heavy atom. The smallest absolute Gasteiger partial charge is 0.225 e. The predicted molar refractivity (Wildman–Crippen MR) is 50.4 cm³/mol. The third kappa shape index (κ3) is 2.95. The first-order valence-corrected chi connectivity index (χ1v) is 4.21. The Hall–Kier alpha value is -1.22. The number of rotatable bonds is 3. The molecule has 0 amide bonds. The highest BCUT2D eigenvalue weighted by Crippen LogP contribution is 2.09. The third-order valence-electron chi connectivity index (χ3n) is 1.86. The molecule has 0 fully saturated rings. The van der Waals surface area contributed by atoms with Gasteiger partial charge in [0.15, 0.2) is 0 Å². The number of carbonyl (C=O) groups excluding carboxylic acids is 2. The molecule has 70 valence electrons. The predicted octanol–water partition coefficient (Wildman–Crippen LogP) is 0.573. The molecule has 3 heteroatoms. The fraction of sp³-hybridized carbons (Fsp3) is 0.400. The standard InChI is InChI=1S/C10H13NO2/c1-11(2)6-5-8-3-4-9(12)10(13)7-8/h3-4,7H,5-6H2,1-2H3. The molecular weight excluding hydrogens is 166 g/mol. The van der Waals surface area contributed by atoms with Crippen LogP contribution in [0.15, 0.2) is 23.8 Å². The van der Waals surface area contributed by atoms with Gasteiger partial charge in [0.25, 0.3) is 0 Å².